The van der Waals surface area contributed by atoms with Crippen molar-refractivity contribution < 1.29 is 41.7 Å². The van der Waals surface area contributed by atoms with E-state index in [4.69, 9.17) is 28.5 Å². The van der Waals surface area contributed by atoms with Gasteiger partial charge in [-0.2, -0.15) is 13.2 Å². The first kappa shape index (κ1) is 28.6. The van der Waals surface area contributed by atoms with Gasteiger partial charge < -0.3 is 33.1 Å². The van der Waals surface area contributed by atoms with E-state index in [9.17, 15) is 13.2 Å². The standard InChI is InChI=1S/C27H30F3N3O6/c1-16-23(35-3)24(36-4)25(37-5)26(38-16)39-32-13-17-6-11-22(34-2)20(12-17)21-14-33(15-31-21)19-9-7-18(8-10-19)27(28,29)30/h6-16,23-26H,1-5H3/b32-13+/t16-,23-,24+,25+,26-/m0/s1. The molecule has 4 rings (SSSR count). The third kappa shape index (κ3) is 6.25. The third-order valence-corrected chi connectivity index (χ3v) is 6.49. The van der Waals surface area contributed by atoms with Crippen LogP contribution in [0.2, 0.25) is 0 Å². The number of imidazole rings is 1. The largest absolute Gasteiger partial charge is 0.496 e. The summed E-state index contributed by atoms with van der Waals surface area (Å²) in [7, 11) is 6.21. The first-order chi connectivity index (χ1) is 18.7. The molecule has 0 radical (unpaired) electrons. The molecule has 0 unspecified atom stereocenters. The van der Waals surface area contributed by atoms with E-state index in [0.29, 0.717) is 28.3 Å². The number of aromatic nitrogens is 2. The fraction of sp³-hybridized carbons (Fsp3) is 0.407. The lowest BCUT2D eigenvalue weighted by molar-refractivity contribution is -0.305. The zero-order valence-electron chi connectivity index (χ0n) is 22.1. The molecule has 1 fully saturated rings. The second kappa shape index (κ2) is 12.2. The molecular formula is C27H30F3N3O6. The summed E-state index contributed by atoms with van der Waals surface area (Å²) >= 11 is 0. The van der Waals surface area contributed by atoms with E-state index in [1.807, 2.05) is 13.0 Å². The van der Waals surface area contributed by atoms with Crippen molar-refractivity contribution in [2.75, 3.05) is 28.4 Å². The minimum absolute atomic E-state index is 0.320. The number of alkyl halides is 3. The highest BCUT2D eigenvalue weighted by Crippen LogP contribution is 2.32. The maximum absolute atomic E-state index is 12.9. The lowest BCUT2D eigenvalue weighted by Gasteiger charge is -2.42. The van der Waals surface area contributed by atoms with E-state index in [-0.39, 0.29) is 12.2 Å². The average Bonchev–Trinajstić information content (AvgIpc) is 3.42. The Morgan fingerprint density at radius 1 is 0.949 bits per heavy atom. The summed E-state index contributed by atoms with van der Waals surface area (Å²) in [5, 5.41) is 4.10. The Hall–Kier alpha value is -3.45. The minimum atomic E-state index is -4.40. The second-order valence-corrected chi connectivity index (χ2v) is 8.82. The fourth-order valence-corrected chi connectivity index (χ4v) is 4.48. The fourth-order valence-electron chi connectivity index (χ4n) is 4.48. The van der Waals surface area contributed by atoms with Crippen LogP contribution in [0.15, 0.2) is 60.1 Å². The molecule has 210 valence electrons. The number of halogens is 3. The van der Waals surface area contributed by atoms with Gasteiger partial charge in [0.1, 0.15) is 18.0 Å². The third-order valence-electron chi connectivity index (χ3n) is 6.49. The monoisotopic (exact) mass is 549 g/mol. The van der Waals surface area contributed by atoms with Gasteiger partial charge in [0.05, 0.1) is 37.0 Å². The van der Waals surface area contributed by atoms with Crippen LogP contribution in [-0.2, 0) is 30.0 Å². The molecule has 2 aromatic carbocycles. The summed E-state index contributed by atoms with van der Waals surface area (Å²) in [6.07, 6.45) is -2.14. The Labute approximate surface area is 224 Å². The van der Waals surface area contributed by atoms with E-state index in [0.717, 1.165) is 12.1 Å². The van der Waals surface area contributed by atoms with E-state index in [2.05, 4.69) is 10.1 Å². The molecule has 9 nitrogen and oxygen atoms in total. The van der Waals surface area contributed by atoms with E-state index >= 15 is 0 Å². The number of benzene rings is 2. The molecule has 0 amide bonds. The van der Waals surface area contributed by atoms with Crippen LogP contribution in [0.25, 0.3) is 16.9 Å². The molecule has 1 saturated heterocycles. The number of rotatable bonds is 9. The molecule has 1 aliphatic heterocycles. The van der Waals surface area contributed by atoms with Gasteiger partial charge in [-0.3, -0.25) is 0 Å². The first-order valence-corrected chi connectivity index (χ1v) is 12.0. The van der Waals surface area contributed by atoms with Crippen molar-refractivity contribution in [1.29, 1.82) is 0 Å². The van der Waals surface area contributed by atoms with Gasteiger partial charge in [0.15, 0.2) is 6.10 Å². The number of nitrogens with zero attached hydrogens (tertiary/aromatic N) is 3. The van der Waals surface area contributed by atoms with Crippen molar-refractivity contribution in [3.63, 3.8) is 0 Å². The van der Waals surface area contributed by atoms with Gasteiger partial charge in [-0.15, -0.1) is 0 Å². The number of hydrogen-bond donors (Lipinski definition) is 0. The van der Waals surface area contributed by atoms with Gasteiger partial charge in [-0.1, -0.05) is 5.16 Å². The maximum atomic E-state index is 12.9. The summed E-state index contributed by atoms with van der Waals surface area (Å²) in [5.74, 6) is 0.558. The lowest BCUT2D eigenvalue weighted by atomic mass is 9.99. The highest BCUT2D eigenvalue weighted by molar-refractivity contribution is 5.83. The van der Waals surface area contributed by atoms with Crippen molar-refractivity contribution in [3.8, 4) is 22.7 Å². The van der Waals surface area contributed by atoms with Gasteiger partial charge in [0.2, 0.25) is 0 Å². The second-order valence-electron chi connectivity index (χ2n) is 8.82. The molecule has 1 aromatic heterocycles. The molecule has 1 aliphatic rings. The van der Waals surface area contributed by atoms with Crippen LogP contribution in [0.3, 0.4) is 0 Å². The van der Waals surface area contributed by atoms with Crippen molar-refractivity contribution in [2.24, 2.45) is 5.16 Å². The molecule has 0 bridgehead atoms. The van der Waals surface area contributed by atoms with Gasteiger partial charge in [-0.05, 0) is 55.0 Å². The predicted molar refractivity (Wildman–Crippen MR) is 136 cm³/mol. The summed E-state index contributed by atoms with van der Waals surface area (Å²) in [6, 6.07) is 10.2. The van der Waals surface area contributed by atoms with E-state index in [1.165, 1.54) is 38.9 Å². The minimum Gasteiger partial charge on any atom is -0.496 e. The van der Waals surface area contributed by atoms with Crippen LogP contribution in [0.4, 0.5) is 13.2 Å². The molecule has 12 heteroatoms. The van der Waals surface area contributed by atoms with Gasteiger partial charge in [0, 0.05) is 38.8 Å². The SMILES string of the molecule is COc1ccc(/C=N/O[C@@H]2O[C@@H](C)[C@H](OC)[C@@H](OC)[C@H]2OC)cc1-c1cn(-c2ccc(C(F)(F)F)cc2)cn1. The Bertz CT molecular complexity index is 1260. The molecule has 0 spiro atoms. The highest BCUT2D eigenvalue weighted by Gasteiger charge is 2.47. The number of methoxy groups -OCH3 is 4. The van der Waals surface area contributed by atoms with Crippen LogP contribution in [-0.4, -0.2) is 74.9 Å². The summed E-state index contributed by atoms with van der Waals surface area (Å²) in [4.78, 5) is 10.1. The first-order valence-electron chi connectivity index (χ1n) is 12.0. The van der Waals surface area contributed by atoms with Crippen LogP contribution in [0.1, 0.15) is 18.1 Å². The Kier molecular flexibility index (Phi) is 8.90. The topological polar surface area (TPSA) is 85.6 Å². The quantitative estimate of drug-likeness (QED) is 0.282. The lowest BCUT2D eigenvalue weighted by Crippen LogP contribution is -2.59. The maximum Gasteiger partial charge on any atom is 0.416 e. The Balaban J connectivity index is 1.52. The summed E-state index contributed by atoms with van der Waals surface area (Å²) < 4.78 is 68.4. The van der Waals surface area contributed by atoms with Crippen molar-refractivity contribution in [3.05, 3.63) is 66.1 Å². The normalized spacial score (nSPS) is 23.7. The van der Waals surface area contributed by atoms with E-state index < -0.39 is 30.2 Å². The average molecular weight is 550 g/mol. The molecule has 0 N–H and O–H groups in total. The molecular weight excluding hydrogens is 519 g/mol. The zero-order chi connectivity index (χ0) is 28.2. The van der Waals surface area contributed by atoms with Crippen molar-refractivity contribution in [2.45, 2.75) is 43.8 Å². The predicted octanol–water partition coefficient (Wildman–Crippen LogP) is 4.71. The Morgan fingerprint density at radius 3 is 2.26 bits per heavy atom. The molecule has 3 aromatic rings. The van der Waals surface area contributed by atoms with Crippen LogP contribution in [0, 0.1) is 0 Å². The van der Waals surface area contributed by atoms with Crippen molar-refractivity contribution in [1.82, 2.24) is 9.55 Å². The molecule has 0 saturated carbocycles. The van der Waals surface area contributed by atoms with Crippen LogP contribution in [0.5, 0.6) is 5.75 Å². The van der Waals surface area contributed by atoms with Crippen LogP contribution < -0.4 is 4.74 Å². The number of ether oxygens (including phenoxy) is 5. The smallest absolute Gasteiger partial charge is 0.416 e. The van der Waals surface area contributed by atoms with Gasteiger partial charge in [-0.25, -0.2) is 4.98 Å². The van der Waals surface area contributed by atoms with Crippen molar-refractivity contribution >= 4 is 6.21 Å². The molecule has 2 heterocycles. The summed E-state index contributed by atoms with van der Waals surface area (Å²) in [6.45, 7) is 1.85. The molecule has 5 atom stereocenters. The van der Waals surface area contributed by atoms with Crippen LogP contribution >= 0.6 is 0 Å². The Morgan fingerprint density at radius 2 is 1.64 bits per heavy atom. The highest BCUT2D eigenvalue weighted by atomic mass is 19.4. The molecule has 0 aliphatic carbocycles. The molecule has 39 heavy (non-hydrogen) atoms. The summed E-state index contributed by atoms with van der Waals surface area (Å²) in [5.41, 5.74) is 1.72. The number of oxime groups is 1. The van der Waals surface area contributed by atoms with Gasteiger partial charge >= 0.3 is 6.18 Å². The van der Waals surface area contributed by atoms with E-state index in [1.54, 1.807) is 37.1 Å². The number of hydrogen-bond acceptors (Lipinski definition) is 8. The van der Waals surface area contributed by atoms with Gasteiger partial charge in [0.25, 0.3) is 6.29 Å². The zero-order valence-corrected chi connectivity index (χ0v) is 22.1.